The molecule has 1 aliphatic carbocycles. The van der Waals surface area contributed by atoms with E-state index in [1.165, 1.54) is 10.4 Å². The average Bonchev–Trinajstić information content (AvgIpc) is 3.14. The van der Waals surface area contributed by atoms with Crippen molar-refractivity contribution in [1.82, 2.24) is 4.98 Å². The Bertz CT molecular complexity index is 1010. The van der Waals surface area contributed by atoms with E-state index in [1.807, 2.05) is 36.4 Å². The highest BCUT2D eigenvalue weighted by Crippen LogP contribution is 2.42. The van der Waals surface area contributed by atoms with Crippen LogP contribution in [0.25, 0.3) is 17.3 Å². The minimum absolute atomic E-state index is 0.324. The molecular formula is C22H19NO3S2. The lowest BCUT2D eigenvalue weighted by atomic mass is 9.93. The first-order valence-corrected chi connectivity index (χ1v) is 10.8. The fourth-order valence-electron chi connectivity index (χ4n) is 3.20. The summed E-state index contributed by atoms with van der Waals surface area (Å²) in [5, 5.41) is 8.87. The van der Waals surface area contributed by atoms with Gasteiger partial charge in [0.25, 0.3) is 0 Å². The third-order valence-corrected chi connectivity index (χ3v) is 6.64. The van der Waals surface area contributed by atoms with Crippen LogP contribution in [0.15, 0.2) is 58.9 Å². The number of thioether (sulfide) groups is 1. The van der Waals surface area contributed by atoms with E-state index >= 15 is 0 Å². The van der Waals surface area contributed by atoms with Gasteiger partial charge in [-0.05, 0) is 24.5 Å². The number of carbonyl (C=O) groups is 1. The van der Waals surface area contributed by atoms with Crippen LogP contribution in [0.4, 0.5) is 0 Å². The van der Waals surface area contributed by atoms with Gasteiger partial charge in [-0.25, -0.2) is 9.78 Å². The van der Waals surface area contributed by atoms with Gasteiger partial charge in [-0.15, -0.1) is 11.3 Å². The van der Waals surface area contributed by atoms with Gasteiger partial charge in [0.2, 0.25) is 0 Å². The highest BCUT2D eigenvalue weighted by Gasteiger charge is 2.23. The molecule has 1 N–H and O–H groups in total. The zero-order valence-corrected chi connectivity index (χ0v) is 16.8. The number of carboxylic acid groups (broad SMARTS) is 1. The van der Waals surface area contributed by atoms with Crippen molar-refractivity contribution in [3.05, 3.63) is 70.6 Å². The molecule has 28 heavy (non-hydrogen) atoms. The molecule has 1 aromatic heterocycles. The second-order valence-electron chi connectivity index (χ2n) is 6.34. The van der Waals surface area contributed by atoms with Crippen molar-refractivity contribution in [2.45, 2.75) is 17.2 Å². The maximum absolute atomic E-state index is 10.8. The van der Waals surface area contributed by atoms with E-state index in [-0.39, 0.29) is 6.61 Å². The second kappa shape index (κ2) is 8.63. The number of aliphatic carboxylic acids is 1. The summed E-state index contributed by atoms with van der Waals surface area (Å²) in [6.07, 6.45) is 6.04. The predicted octanol–water partition coefficient (Wildman–Crippen LogP) is 5.18. The predicted molar refractivity (Wildman–Crippen MR) is 114 cm³/mol. The van der Waals surface area contributed by atoms with Crippen molar-refractivity contribution < 1.29 is 14.6 Å². The van der Waals surface area contributed by atoms with E-state index in [0.717, 1.165) is 39.8 Å². The lowest BCUT2D eigenvalue weighted by molar-refractivity contribution is -0.139. The van der Waals surface area contributed by atoms with Crippen LogP contribution in [0.5, 0.6) is 5.75 Å². The lowest BCUT2D eigenvalue weighted by Gasteiger charge is -2.18. The van der Waals surface area contributed by atoms with E-state index in [2.05, 4.69) is 24.3 Å². The van der Waals surface area contributed by atoms with E-state index < -0.39 is 5.97 Å². The molecule has 0 unspecified atom stereocenters. The molecule has 2 aromatic carbocycles. The molecule has 6 heteroatoms. The minimum atomic E-state index is -0.968. The topological polar surface area (TPSA) is 59.4 Å². The van der Waals surface area contributed by atoms with Gasteiger partial charge < -0.3 is 9.84 Å². The monoisotopic (exact) mass is 409 g/mol. The van der Waals surface area contributed by atoms with Crippen LogP contribution >= 0.6 is 23.1 Å². The number of ether oxygens (including phenoxy) is 1. The molecule has 3 aromatic rings. The van der Waals surface area contributed by atoms with Crippen LogP contribution in [0.2, 0.25) is 0 Å². The van der Waals surface area contributed by atoms with Crippen LogP contribution in [0.1, 0.15) is 16.0 Å². The SMILES string of the molecule is O=C(O)COc1cccc2c1CCc1sc(SC/C=C/c3ccccc3)nc1-2. The Balaban J connectivity index is 1.48. The van der Waals surface area contributed by atoms with Gasteiger partial charge in [0.1, 0.15) is 5.75 Å². The van der Waals surface area contributed by atoms with Gasteiger partial charge >= 0.3 is 5.97 Å². The molecule has 0 radical (unpaired) electrons. The van der Waals surface area contributed by atoms with Crippen LogP contribution < -0.4 is 4.74 Å². The summed E-state index contributed by atoms with van der Waals surface area (Å²) in [6, 6.07) is 16.0. The standard InChI is InChI=1S/C22H19NO3S2/c24-20(25)14-26-18-10-4-9-17-16(18)11-12-19-21(17)23-22(28-19)27-13-5-8-15-6-2-1-3-7-15/h1-10H,11-14H2,(H,24,25)/b8-5+. The molecule has 0 bridgehead atoms. The van der Waals surface area contributed by atoms with Gasteiger partial charge in [-0.3, -0.25) is 0 Å². The van der Waals surface area contributed by atoms with Gasteiger partial charge in [0.05, 0.1) is 5.69 Å². The van der Waals surface area contributed by atoms with Crippen molar-refractivity contribution in [2.75, 3.05) is 12.4 Å². The zero-order valence-electron chi connectivity index (χ0n) is 15.1. The molecule has 1 aliphatic rings. The molecule has 4 rings (SSSR count). The van der Waals surface area contributed by atoms with Gasteiger partial charge in [-0.2, -0.15) is 0 Å². The summed E-state index contributed by atoms with van der Waals surface area (Å²) in [7, 11) is 0. The number of nitrogens with zero attached hydrogens (tertiary/aromatic N) is 1. The molecular weight excluding hydrogens is 390 g/mol. The Morgan fingerprint density at radius 2 is 2.04 bits per heavy atom. The van der Waals surface area contributed by atoms with E-state index in [4.69, 9.17) is 14.8 Å². The van der Waals surface area contributed by atoms with E-state index in [1.54, 1.807) is 23.1 Å². The van der Waals surface area contributed by atoms with Crippen molar-refractivity contribution >= 4 is 35.1 Å². The Kier molecular flexibility index (Phi) is 5.78. The summed E-state index contributed by atoms with van der Waals surface area (Å²) in [5.41, 5.74) is 4.33. The fourth-order valence-corrected chi connectivity index (χ4v) is 5.23. The summed E-state index contributed by atoms with van der Waals surface area (Å²) < 4.78 is 6.53. The van der Waals surface area contributed by atoms with E-state index in [0.29, 0.717) is 5.75 Å². The first-order chi connectivity index (χ1) is 13.7. The molecule has 1 heterocycles. The molecule has 0 fully saturated rings. The number of thiazole rings is 1. The van der Waals surface area contributed by atoms with E-state index in [9.17, 15) is 4.79 Å². The number of fused-ring (bicyclic) bond motifs is 3. The Hall–Kier alpha value is -2.57. The highest BCUT2D eigenvalue weighted by atomic mass is 32.2. The first-order valence-electron chi connectivity index (χ1n) is 9.01. The third-order valence-electron chi connectivity index (χ3n) is 4.43. The van der Waals surface area contributed by atoms with Gasteiger partial charge in [0.15, 0.2) is 10.9 Å². The van der Waals surface area contributed by atoms with Crippen molar-refractivity contribution in [1.29, 1.82) is 0 Å². The molecule has 0 spiro atoms. The zero-order chi connectivity index (χ0) is 19.3. The molecule has 0 saturated carbocycles. The van der Waals surface area contributed by atoms with Crippen LogP contribution in [-0.2, 0) is 17.6 Å². The molecule has 4 nitrogen and oxygen atoms in total. The smallest absolute Gasteiger partial charge is 0.341 e. The lowest BCUT2D eigenvalue weighted by Crippen LogP contribution is -2.12. The van der Waals surface area contributed by atoms with Crippen molar-refractivity contribution in [3.63, 3.8) is 0 Å². The highest BCUT2D eigenvalue weighted by molar-refractivity contribution is 8.01. The number of aryl methyl sites for hydroxylation is 1. The normalized spacial score (nSPS) is 12.6. The summed E-state index contributed by atoms with van der Waals surface area (Å²) in [6.45, 7) is -0.324. The van der Waals surface area contributed by atoms with Crippen molar-refractivity contribution in [2.24, 2.45) is 0 Å². The summed E-state index contributed by atoms with van der Waals surface area (Å²) in [5.74, 6) is 0.555. The number of rotatable bonds is 7. The van der Waals surface area contributed by atoms with Crippen molar-refractivity contribution in [3.8, 4) is 17.0 Å². The largest absolute Gasteiger partial charge is 0.482 e. The Morgan fingerprint density at radius 1 is 1.18 bits per heavy atom. The van der Waals surface area contributed by atoms with Crippen LogP contribution in [0, 0.1) is 0 Å². The van der Waals surface area contributed by atoms with Crippen LogP contribution in [0.3, 0.4) is 0 Å². The number of hydrogen-bond acceptors (Lipinski definition) is 5. The Labute approximate surface area is 171 Å². The molecule has 0 aliphatic heterocycles. The molecule has 142 valence electrons. The number of benzene rings is 2. The fraction of sp³-hybridized carbons (Fsp3) is 0.182. The molecule has 0 amide bonds. The number of carboxylic acids is 1. The number of hydrogen-bond donors (Lipinski definition) is 1. The average molecular weight is 410 g/mol. The maximum atomic E-state index is 10.8. The van der Waals surface area contributed by atoms with Crippen LogP contribution in [-0.4, -0.2) is 28.4 Å². The van der Waals surface area contributed by atoms with Gasteiger partial charge in [-0.1, -0.05) is 66.4 Å². The third kappa shape index (κ3) is 4.29. The summed E-state index contributed by atoms with van der Waals surface area (Å²) >= 11 is 3.49. The maximum Gasteiger partial charge on any atom is 0.341 e. The summed E-state index contributed by atoms with van der Waals surface area (Å²) in [4.78, 5) is 17.0. The molecule has 0 saturated heterocycles. The molecule has 0 atom stereocenters. The number of aromatic nitrogens is 1. The second-order valence-corrected chi connectivity index (χ2v) is 8.69. The van der Waals surface area contributed by atoms with Gasteiger partial charge in [0, 0.05) is 21.8 Å². The Morgan fingerprint density at radius 3 is 2.86 bits per heavy atom. The quantitative estimate of drug-likeness (QED) is 0.545. The minimum Gasteiger partial charge on any atom is -0.482 e. The first kappa shape index (κ1) is 18.8.